The van der Waals surface area contributed by atoms with Crippen LogP contribution in [0.3, 0.4) is 0 Å². The zero-order valence-corrected chi connectivity index (χ0v) is 17.5. The molecule has 3 saturated carbocycles. The molecule has 1 aromatic rings. The summed E-state index contributed by atoms with van der Waals surface area (Å²) in [5, 5.41) is 23.1. The van der Waals surface area contributed by atoms with Crippen LogP contribution in [0.25, 0.3) is 0 Å². The second-order valence-electron chi connectivity index (χ2n) is 9.19. The largest absolute Gasteiger partial charge is 0.389 e. The van der Waals surface area contributed by atoms with Gasteiger partial charge in [0.25, 0.3) is 10.1 Å². The monoisotopic (exact) mass is 408 g/mol. The van der Waals surface area contributed by atoms with Crippen molar-refractivity contribution in [1.29, 1.82) is 0 Å². The van der Waals surface area contributed by atoms with E-state index in [0.29, 0.717) is 25.7 Å². The summed E-state index contributed by atoms with van der Waals surface area (Å²) >= 11 is 0. The summed E-state index contributed by atoms with van der Waals surface area (Å²) in [6.45, 7) is 1.91. The highest BCUT2D eigenvalue weighted by molar-refractivity contribution is 7.86. The van der Waals surface area contributed by atoms with Crippen LogP contribution in [0.4, 0.5) is 0 Å². The van der Waals surface area contributed by atoms with Crippen LogP contribution in [0.5, 0.6) is 0 Å². The van der Waals surface area contributed by atoms with Gasteiger partial charge in [-0.25, -0.2) is 0 Å². The lowest BCUT2D eigenvalue weighted by Gasteiger charge is -2.51. The molecule has 5 nitrogen and oxygen atoms in total. The van der Waals surface area contributed by atoms with E-state index >= 15 is 0 Å². The molecule has 0 saturated heterocycles. The summed E-state index contributed by atoms with van der Waals surface area (Å²) in [6.07, 6.45) is 7.06. The Bertz CT molecular complexity index is 805. The topological polar surface area (TPSA) is 83.8 Å². The Hall–Kier alpha value is -0.950. The predicted molar refractivity (Wildman–Crippen MR) is 106 cm³/mol. The first kappa shape index (κ1) is 20.3. The molecule has 0 bridgehead atoms. The van der Waals surface area contributed by atoms with E-state index in [0.717, 1.165) is 44.1 Å². The first-order valence-corrected chi connectivity index (χ1v) is 12.1. The number of rotatable bonds is 3. The molecular formula is C22H32O5S. The van der Waals surface area contributed by atoms with Crippen LogP contribution < -0.4 is 0 Å². The van der Waals surface area contributed by atoms with Gasteiger partial charge in [-0.3, -0.25) is 4.18 Å². The third-order valence-electron chi connectivity index (χ3n) is 7.46. The average molecular weight is 409 g/mol. The van der Waals surface area contributed by atoms with Crippen LogP contribution in [-0.4, -0.2) is 35.9 Å². The molecular weight excluding hydrogens is 376 g/mol. The maximum Gasteiger partial charge on any atom is 0.297 e. The van der Waals surface area contributed by atoms with Crippen LogP contribution >= 0.6 is 0 Å². The van der Waals surface area contributed by atoms with Gasteiger partial charge in [-0.1, -0.05) is 43.4 Å². The summed E-state index contributed by atoms with van der Waals surface area (Å²) in [5.74, 6) is -0.437. The molecule has 0 aromatic heterocycles. The van der Waals surface area contributed by atoms with Crippen molar-refractivity contribution >= 4 is 10.1 Å². The number of aryl methyl sites for hydroxylation is 1. The molecule has 3 aliphatic carbocycles. The van der Waals surface area contributed by atoms with E-state index in [-0.39, 0.29) is 16.7 Å². The number of aliphatic hydroxyl groups is 2. The minimum atomic E-state index is -3.92. The molecule has 3 fully saturated rings. The third kappa shape index (κ3) is 3.53. The van der Waals surface area contributed by atoms with Crippen molar-refractivity contribution in [3.63, 3.8) is 0 Å². The summed E-state index contributed by atoms with van der Waals surface area (Å²) in [4.78, 5) is 0.151. The molecule has 5 atom stereocenters. The SMILES string of the molecule is Cc1ccc(S(=O)(=O)O[C@@H]2CC[C@@]3(O)CCCC[C@@H]3[C@@]3(O)CCCC[C@H]23)cc1. The predicted octanol–water partition coefficient (Wildman–Crippen LogP) is 3.71. The lowest BCUT2D eigenvalue weighted by Crippen LogP contribution is -2.58. The van der Waals surface area contributed by atoms with E-state index in [1.807, 2.05) is 6.92 Å². The maximum atomic E-state index is 12.9. The normalized spacial score (nSPS) is 38.9. The summed E-state index contributed by atoms with van der Waals surface area (Å²) in [7, 11) is -3.92. The fraction of sp³-hybridized carbons (Fsp3) is 0.727. The highest BCUT2D eigenvalue weighted by Gasteiger charge is 2.58. The molecule has 28 heavy (non-hydrogen) atoms. The molecule has 0 radical (unpaired) electrons. The van der Waals surface area contributed by atoms with Crippen molar-refractivity contribution in [2.24, 2.45) is 11.8 Å². The van der Waals surface area contributed by atoms with E-state index in [2.05, 4.69) is 0 Å². The van der Waals surface area contributed by atoms with Crippen molar-refractivity contribution in [1.82, 2.24) is 0 Å². The Labute approximate surface area is 168 Å². The molecule has 6 heteroatoms. The first-order valence-electron chi connectivity index (χ1n) is 10.7. The molecule has 0 spiro atoms. The van der Waals surface area contributed by atoms with Crippen molar-refractivity contribution in [3.8, 4) is 0 Å². The molecule has 156 valence electrons. The van der Waals surface area contributed by atoms with Gasteiger partial charge in [0.2, 0.25) is 0 Å². The molecule has 0 heterocycles. The Morgan fingerprint density at radius 1 is 0.929 bits per heavy atom. The Morgan fingerprint density at radius 3 is 2.36 bits per heavy atom. The van der Waals surface area contributed by atoms with E-state index in [9.17, 15) is 18.6 Å². The van der Waals surface area contributed by atoms with Gasteiger partial charge in [0.15, 0.2) is 0 Å². The summed E-state index contributed by atoms with van der Waals surface area (Å²) in [5.41, 5.74) is -0.965. The van der Waals surface area contributed by atoms with Gasteiger partial charge in [0.05, 0.1) is 22.2 Å². The molecule has 3 aliphatic rings. The summed E-state index contributed by atoms with van der Waals surface area (Å²) < 4.78 is 31.6. The van der Waals surface area contributed by atoms with E-state index < -0.39 is 27.4 Å². The molecule has 1 aromatic carbocycles. The minimum absolute atomic E-state index is 0.151. The van der Waals surface area contributed by atoms with Crippen LogP contribution in [-0.2, 0) is 14.3 Å². The highest BCUT2D eigenvalue weighted by Crippen LogP contribution is 2.54. The second kappa shape index (κ2) is 7.38. The van der Waals surface area contributed by atoms with Gasteiger partial charge in [-0.15, -0.1) is 0 Å². The van der Waals surface area contributed by atoms with Crippen molar-refractivity contribution in [3.05, 3.63) is 29.8 Å². The van der Waals surface area contributed by atoms with Crippen LogP contribution in [0.15, 0.2) is 29.2 Å². The molecule has 4 rings (SSSR count). The Kier molecular flexibility index (Phi) is 5.36. The zero-order valence-electron chi connectivity index (χ0n) is 16.6. The Balaban J connectivity index is 1.66. The van der Waals surface area contributed by atoms with E-state index in [4.69, 9.17) is 4.18 Å². The fourth-order valence-electron chi connectivity index (χ4n) is 6.02. The van der Waals surface area contributed by atoms with Gasteiger partial charge in [0.1, 0.15) is 0 Å². The number of hydrogen-bond acceptors (Lipinski definition) is 5. The van der Waals surface area contributed by atoms with Gasteiger partial charge in [-0.05, 0) is 57.6 Å². The Morgan fingerprint density at radius 2 is 1.61 bits per heavy atom. The van der Waals surface area contributed by atoms with Gasteiger partial charge in [-0.2, -0.15) is 8.42 Å². The van der Waals surface area contributed by atoms with Crippen LogP contribution in [0.2, 0.25) is 0 Å². The number of fused-ring (bicyclic) bond motifs is 3. The minimum Gasteiger partial charge on any atom is -0.389 e. The van der Waals surface area contributed by atoms with Crippen molar-refractivity contribution in [2.75, 3.05) is 0 Å². The highest BCUT2D eigenvalue weighted by atomic mass is 32.2. The number of benzene rings is 1. The molecule has 0 amide bonds. The molecule has 0 unspecified atom stereocenters. The standard InChI is InChI=1S/C22H32O5S/c1-16-8-10-17(11-9-16)28(25,26)27-19-12-15-21(23)13-4-3-7-20(21)22(24)14-5-2-6-18(19)22/h8-11,18-20,23-24H,2-7,12-15H2,1H3/t18-,19-,20+,21+,22-/m1/s1. The van der Waals surface area contributed by atoms with Crippen molar-refractivity contribution < 1.29 is 22.8 Å². The lowest BCUT2D eigenvalue weighted by atomic mass is 9.60. The zero-order chi connectivity index (χ0) is 20.0. The fourth-order valence-corrected chi connectivity index (χ4v) is 7.15. The van der Waals surface area contributed by atoms with Crippen molar-refractivity contribution in [2.45, 2.75) is 93.3 Å². The van der Waals surface area contributed by atoms with Gasteiger partial charge in [0, 0.05) is 11.8 Å². The van der Waals surface area contributed by atoms with Crippen LogP contribution in [0, 0.1) is 18.8 Å². The van der Waals surface area contributed by atoms with E-state index in [1.165, 1.54) is 0 Å². The third-order valence-corrected chi connectivity index (χ3v) is 8.81. The summed E-state index contributed by atoms with van der Waals surface area (Å²) in [6, 6.07) is 6.67. The maximum absolute atomic E-state index is 12.9. The van der Waals surface area contributed by atoms with Crippen LogP contribution in [0.1, 0.15) is 69.8 Å². The molecule has 0 aliphatic heterocycles. The van der Waals surface area contributed by atoms with E-state index in [1.54, 1.807) is 24.3 Å². The molecule has 2 N–H and O–H groups in total. The second-order valence-corrected chi connectivity index (χ2v) is 10.8. The lowest BCUT2D eigenvalue weighted by molar-refractivity contribution is -0.180. The quantitative estimate of drug-likeness (QED) is 0.745. The first-order chi connectivity index (χ1) is 13.2. The van der Waals surface area contributed by atoms with Gasteiger partial charge < -0.3 is 10.2 Å². The smallest absolute Gasteiger partial charge is 0.297 e. The van der Waals surface area contributed by atoms with Gasteiger partial charge >= 0.3 is 0 Å². The number of hydrogen-bond donors (Lipinski definition) is 2. The average Bonchev–Trinajstić information content (AvgIpc) is 2.75.